The zero-order chi connectivity index (χ0) is 13.2. The monoisotopic (exact) mass is 281 g/mol. The summed E-state index contributed by atoms with van der Waals surface area (Å²) in [6, 6.07) is 5.49. The van der Waals surface area contributed by atoms with Crippen LogP contribution in [-0.2, 0) is 0 Å². The number of rotatable bonds is 2. The first-order chi connectivity index (χ1) is 9.22. The van der Waals surface area contributed by atoms with E-state index in [-0.39, 0.29) is 24.1 Å². The summed E-state index contributed by atoms with van der Waals surface area (Å²) >= 11 is 6.06. The van der Waals surface area contributed by atoms with Crippen LogP contribution in [-0.4, -0.2) is 24.1 Å². The van der Waals surface area contributed by atoms with Gasteiger partial charge in [-0.2, -0.15) is 0 Å². The van der Waals surface area contributed by atoms with Crippen molar-refractivity contribution in [1.82, 2.24) is 5.32 Å². The molecule has 0 spiro atoms. The summed E-state index contributed by atoms with van der Waals surface area (Å²) in [7, 11) is 0. The van der Waals surface area contributed by atoms with Gasteiger partial charge in [0.05, 0.1) is 0 Å². The lowest BCUT2D eigenvalue weighted by atomic mass is 9.95. The molecule has 3 rings (SSSR count). The molecule has 1 aromatic carbocycles. The van der Waals surface area contributed by atoms with Crippen LogP contribution < -0.4 is 14.8 Å². The maximum absolute atomic E-state index is 12.2. The molecule has 0 saturated heterocycles. The third kappa shape index (κ3) is 2.78. The van der Waals surface area contributed by atoms with E-state index in [9.17, 15) is 4.79 Å². The Hall–Kier alpha value is -1.42. The predicted octanol–water partition coefficient (Wildman–Crippen LogP) is 2.70. The Labute approximate surface area is 117 Å². The second kappa shape index (κ2) is 5.29. The van der Waals surface area contributed by atoms with Crippen molar-refractivity contribution < 1.29 is 14.3 Å². The molecule has 1 aliphatic carbocycles. The van der Waals surface area contributed by atoms with Crippen LogP contribution >= 0.6 is 11.6 Å². The molecule has 1 heterocycles. The number of halogens is 1. The average molecular weight is 282 g/mol. The summed E-state index contributed by atoms with van der Waals surface area (Å²) in [4.78, 5) is 12.2. The largest absolute Gasteiger partial charge is 0.454 e. The summed E-state index contributed by atoms with van der Waals surface area (Å²) < 4.78 is 10.5. The number of hydrogen-bond acceptors (Lipinski definition) is 3. The van der Waals surface area contributed by atoms with E-state index in [0.29, 0.717) is 17.1 Å². The van der Waals surface area contributed by atoms with Gasteiger partial charge in [0, 0.05) is 17.0 Å². The first kappa shape index (κ1) is 12.6. The lowest BCUT2D eigenvalue weighted by molar-refractivity contribution is 0.0927. The highest BCUT2D eigenvalue weighted by molar-refractivity contribution is 6.20. The molecule has 0 radical (unpaired) electrons. The number of carbonyl (C=O) groups is 1. The van der Waals surface area contributed by atoms with Gasteiger partial charge in [-0.1, -0.05) is 0 Å². The molecule has 0 atom stereocenters. The first-order valence-corrected chi connectivity index (χ1v) is 7.00. The number of fused-ring (bicyclic) bond motifs is 1. The summed E-state index contributed by atoms with van der Waals surface area (Å²) in [6.07, 6.45) is 3.83. The van der Waals surface area contributed by atoms with E-state index < -0.39 is 0 Å². The van der Waals surface area contributed by atoms with Gasteiger partial charge >= 0.3 is 0 Å². The van der Waals surface area contributed by atoms with Crippen LogP contribution in [0.3, 0.4) is 0 Å². The summed E-state index contributed by atoms with van der Waals surface area (Å²) in [6.45, 7) is 0.222. The molecule has 102 valence electrons. The van der Waals surface area contributed by atoms with E-state index in [4.69, 9.17) is 21.1 Å². The van der Waals surface area contributed by atoms with Crippen molar-refractivity contribution >= 4 is 17.5 Å². The maximum Gasteiger partial charge on any atom is 0.251 e. The van der Waals surface area contributed by atoms with Crippen LogP contribution in [0.4, 0.5) is 0 Å². The summed E-state index contributed by atoms with van der Waals surface area (Å²) in [5, 5.41) is 3.32. The van der Waals surface area contributed by atoms with Crippen molar-refractivity contribution in [2.75, 3.05) is 6.79 Å². The minimum absolute atomic E-state index is 0.0590. The molecule has 1 aliphatic heterocycles. The SMILES string of the molecule is O=C(NC1CCC(Cl)CC1)c1ccc2c(c1)OCO2. The Bertz CT molecular complexity index is 484. The quantitative estimate of drug-likeness (QED) is 0.848. The van der Waals surface area contributed by atoms with Gasteiger partial charge < -0.3 is 14.8 Å². The van der Waals surface area contributed by atoms with Gasteiger partial charge in [0.2, 0.25) is 6.79 Å². The van der Waals surface area contributed by atoms with Crippen LogP contribution in [0, 0.1) is 0 Å². The van der Waals surface area contributed by atoms with Crippen LogP contribution in [0.25, 0.3) is 0 Å². The topological polar surface area (TPSA) is 47.6 Å². The van der Waals surface area contributed by atoms with E-state index in [1.54, 1.807) is 18.2 Å². The Balaban J connectivity index is 1.64. The number of hydrogen-bond donors (Lipinski definition) is 1. The van der Waals surface area contributed by atoms with Crippen LogP contribution in [0.2, 0.25) is 0 Å². The fourth-order valence-corrected chi connectivity index (χ4v) is 2.76. The van der Waals surface area contributed by atoms with Crippen molar-refractivity contribution in [2.24, 2.45) is 0 Å². The average Bonchev–Trinajstić information content (AvgIpc) is 2.88. The number of alkyl halides is 1. The number of amides is 1. The highest BCUT2D eigenvalue weighted by atomic mass is 35.5. The highest BCUT2D eigenvalue weighted by Crippen LogP contribution is 2.32. The Morgan fingerprint density at radius 1 is 1.16 bits per heavy atom. The van der Waals surface area contributed by atoms with E-state index in [0.717, 1.165) is 25.7 Å². The molecule has 1 N–H and O–H groups in total. The summed E-state index contributed by atoms with van der Waals surface area (Å²) in [5.74, 6) is 1.27. The highest BCUT2D eigenvalue weighted by Gasteiger charge is 2.22. The second-order valence-electron chi connectivity index (χ2n) is 4.99. The molecular formula is C14H16ClNO3. The van der Waals surface area contributed by atoms with Gasteiger partial charge in [-0.25, -0.2) is 0 Å². The number of nitrogens with one attached hydrogen (secondary N) is 1. The van der Waals surface area contributed by atoms with E-state index in [1.165, 1.54) is 0 Å². The molecule has 0 bridgehead atoms. The molecule has 1 aromatic rings. The summed E-state index contributed by atoms with van der Waals surface area (Å²) in [5.41, 5.74) is 0.609. The standard InChI is InChI=1S/C14H16ClNO3/c15-10-2-4-11(5-3-10)16-14(17)9-1-6-12-13(7-9)19-8-18-12/h1,6-7,10-11H,2-5,8H2,(H,16,17). The van der Waals surface area contributed by atoms with E-state index in [2.05, 4.69) is 5.32 Å². The lowest BCUT2D eigenvalue weighted by Gasteiger charge is -2.25. The molecule has 2 aliphatic rings. The minimum atomic E-state index is -0.0590. The molecule has 19 heavy (non-hydrogen) atoms. The predicted molar refractivity (Wildman–Crippen MR) is 71.9 cm³/mol. The third-order valence-corrected chi connectivity index (χ3v) is 4.06. The Kier molecular flexibility index (Phi) is 3.51. The van der Waals surface area contributed by atoms with Gasteiger partial charge in [-0.3, -0.25) is 4.79 Å². The minimum Gasteiger partial charge on any atom is -0.454 e. The van der Waals surface area contributed by atoms with Gasteiger partial charge in [0.1, 0.15) is 0 Å². The molecular weight excluding hydrogens is 266 g/mol. The number of ether oxygens (including phenoxy) is 2. The van der Waals surface area contributed by atoms with Crippen molar-refractivity contribution in [1.29, 1.82) is 0 Å². The molecule has 4 nitrogen and oxygen atoms in total. The lowest BCUT2D eigenvalue weighted by Crippen LogP contribution is -2.37. The van der Waals surface area contributed by atoms with Crippen molar-refractivity contribution in [3.05, 3.63) is 23.8 Å². The maximum atomic E-state index is 12.2. The molecule has 1 saturated carbocycles. The van der Waals surface area contributed by atoms with Gasteiger partial charge in [0.15, 0.2) is 11.5 Å². The Morgan fingerprint density at radius 2 is 1.89 bits per heavy atom. The van der Waals surface area contributed by atoms with Crippen molar-refractivity contribution in [3.63, 3.8) is 0 Å². The molecule has 1 amide bonds. The normalized spacial score (nSPS) is 25.1. The first-order valence-electron chi connectivity index (χ1n) is 6.57. The van der Waals surface area contributed by atoms with Crippen LogP contribution in [0.5, 0.6) is 11.5 Å². The number of carbonyl (C=O) groups excluding carboxylic acids is 1. The smallest absolute Gasteiger partial charge is 0.251 e. The fraction of sp³-hybridized carbons (Fsp3) is 0.500. The molecule has 1 fully saturated rings. The molecule has 0 unspecified atom stereocenters. The van der Waals surface area contributed by atoms with Crippen LogP contribution in [0.1, 0.15) is 36.0 Å². The van der Waals surface area contributed by atoms with Gasteiger partial charge in [-0.05, 0) is 43.9 Å². The zero-order valence-corrected chi connectivity index (χ0v) is 11.3. The van der Waals surface area contributed by atoms with Gasteiger partial charge in [-0.15, -0.1) is 11.6 Å². The van der Waals surface area contributed by atoms with E-state index >= 15 is 0 Å². The molecule has 0 aromatic heterocycles. The van der Waals surface area contributed by atoms with E-state index in [1.807, 2.05) is 0 Å². The zero-order valence-electron chi connectivity index (χ0n) is 10.5. The fourth-order valence-electron chi connectivity index (χ4n) is 2.50. The van der Waals surface area contributed by atoms with Crippen molar-refractivity contribution in [3.8, 4) is 11.5 Å². The number of benzene rings is 1. The Morgan fingerprint density at radius 3 is 2.68 bits per heavy atom. The third-order valence-electron chi connectivity index (χ3n) is 3.63. The molecule has 5 heteroatoms. The van der Waals surface area contributed by atoms with Crippen molar-refractivity contribution in [2.45, 2.75) is 37.1 Å². The van der Waals surface area contributed by atoms with Crippen LogP contribution in [0.15, 0.2) is 18.2 Å². The van der Waals surface area contributed by atoms with Gasteiger partial charge in [0.25, 0.3) is 5.91 Å². The second-order valence-corrected chi connectivity index (χ2v) is 5.61.